The molecule has 1 atom stereocenters. The standard InChI is InChI=1S/C14H16ClN3O2S/c1-3-16-10-6-11(8-12(7-10)18(19)20)17-9(2)13-4-5-14(15)21-13/h4-9,16-17H,3H2,1-2H3. The van der Waals surface area contributed by atoms with Gasteiger partial charge in [0, 0.05) is 34.9 Å². The minimum absolute atomic E-state index is 0.0268. The lowest BCUT2D eigenvalue weighted by Crippen LogP contribution is -2.06. The Labute approximate surface area is 132 Å². The maximum Gasteiger partial charge on any atom is 0.273 e. The van der Waals surface area contributed by atoms with E-state index >= 15 is 0 Å². The van der Waals surface area contributed by atoms with Crippen molar-refractivity contribution in [2.24, 2.45) is 0 Å². The van der Waals surface area contributed by atoms with Gasteiger partial charge >= 0.3 is 0 Å². The Morgan fingerprint density at radius 2 is 2.05 bits per heavy atom. The Hall–Kier alpha value is -1.79. The predicted octanol–water partition coefficient (Wildman–Crippen LogP) is 4.91. The lowest BCUT2D eigenvalue weighted by molar-refractivity contribution is -0.384. The van der Waals surface area contributed by atoms with Crippen LogP contribution >= 0.6 is 22.9 Å². The van der Waals surface area contributed by atoms with Crippen LogP contribution in [0.15, 0.2) is 30.3 Å². The molecule has 0 saturated heterocycles. The van der Waals surface area contributed by atoms with Crippen molar-refractivity contribution in [2.75, 3.05) is 17.2 Å². The first-order chi connectivity index (χ1) is 9.99. The van der Waals surface area contributed by atoms with Crippen LogP contribution in [0.25, 0.3) is 0 Å². The fourth-order valence-electron chi connectivity index (χ4n) is 1.99. The van der Waals surface area contributed by atoms with E-state index in [2.05, 4.69) is 10.6 Å². The zero-order valence-electron chi connectivity index (χ0n) is 11.7. The summed E-state index contributed by atoms with van der Waals surface area (Å²) in [4.78, 5) is 11.7. The van der Waals surface area contributed by atoms with Gasteiger partial charge in [-0.3, -0.25) is 10.1 Å². The van der Waals surface area contributed by atoms with Crippen LogP contribution in [0.4, 0.5) is 17.1 Å². The van der Waals surface area contributed by atoms with E-state index in [0.29, 0.717) is 12.2 Å². The molecule has 0 amide bonds. The third-order valence-electron chi connectivity index (χ3n) is 2.91. The Kier molecular flexibility index (Phi) is 5.03. The highest BCUT2D eigenvalue weighted by Crippen LogP contribution is 2.31. The maximum atomic E-state index is 11.0. The fourth-order valence-corrected chi connectivity index (χ4v) is 3.05. The molecule has 0 saturated carbocycles. The minimum Gasteiger partial charge on any atom is -0.385 e. The third-order valence-corrected chi connectivity index (χ3v) is 4.33. The maximum absolute atomic E-state index is 11.0. The van der Waals surface area contributed by atoms with Gasteiger partial charge in [0.2, 0.25) is 0 Å². The predicted molar refractivity (Wildman–Crippen MR) is 88.6 cm³/mol. The third kappa shape index (κ3) is 4.09. The molecule has 1 heterocycles. The van der Waals surface area contributed by atoms with Crippen molar-refractivity contribution < 1.29 is 4.92 Å². The number of halogens is 1. The Morgan fingerprint density at radius 3 is 2.62 bits per heavy atom. The molecule has 0 bridgehead atoms. The van der Waals surface area contributed by atoms with Gasteiger partial charge in [0.1, 0.15) is 0 Å². The quantitative estimate of drug-likeness (QED) is 0.584. The molecule has 1 aromatic carbocycles. The zero-order valence-corrected chi connectivity index (χ0v) is 13.3. The van der Waals surface area contributed by atoms with Gasteiger partial charge < -0.3 is 10.6 Å². The summed E-state index contributed by atoms with van der Waals surface area (Å²) in [6, 6.07) is 8.75. The average Bonchev–Trinajstić information content (AvgIpc) is 2.85. The molecule has 1 aromatic heterocycles. The molecule has 7 heteroatoms. The summed E-state index contributed by atoms with van der Waals surface area (Å²) in [6.45, 7) is 4.65. The first-order valence-corrected chi connectivity index (χ1v) is 7.74. The summed E-state index contributed by atoms with van der Waals surface area (Å²) in [6.07, 6.45) is 0. The summed E-state index contributed by atoms with van der Waals surface area (Å²) < 4.78 is 0.728. The zero-order chi connectivity index (χ0) is 15.4. The van der Waals surface area contributed by atoms with Crippen LogP contribution in [-0.4, -0.2) is 11.5 Å². The molecule has 2 rings (SSSR count). The molecule has 112 valence electrons. The van der Waals surface area contributed by atoms with E-state index in [1.165, 1.54) is 23.5 Å². The fraction of sp³-hybridized carbons (Fsp3) is 0.286. The van der Waals surface area contributed by atoms with Crippen molar-refractivity contribution in [1.29, 1.82) is 0 Å². The molecule has 1 unspecified atom stereocenters. The number of benzene rings is 1. The minimum atomic E-state index is -0.390. The number of hydrogen-bond acceptors (Lipinski definition) is 5. The van der Waals surface area contributed by atoms with Gasteiger partial charge in [-0.25, -0.2) is 0 Å². The van der Waals surface area contributed by atoms with E-state index in [1.54, 1.807) is 0 Å². The number of anilines is 2. The summed E-state index contributed by atoms with van der Waals surface area (Å²) in [5.41, 5.74) is 1.50. The summed E-state index contributed by atoms with van der Waals surface area (Å²) >= 11 is 7.43. The molecule has 0 radical (unpaired) electrons. The Morgan fingerprint density at radius 1 is 1.33 bits per heavy atom. The van der Waals surface area contributed by atoms with Gasteiger partial charge in [0.05, 0.1) is 15.3 Å². The number of nitro groups is 1. The van der Waals surface area contributed by atoms with Crippen LogP contribution < -0.4 is 10.6 Å². The molecular formula is C14H16ClN3O2S. The van der Waals surface area contributed by atoms with E-state index in [1.807, 2.05) is 32.0 Å². The second-order valence-electron chi connectivity index (χ2n) is 4.56. The average molecular weight is 326 g/mol. The van der Waals surface area contributed by atoms with Crippen molar-refractivity contribution in [2.45, 2.75) is 19.9 Å². The van der Waals surface area contributed by atoms with Gasteiger partial charge in [-0.1, -0.05) is 11.6 Å². The van der Waals surface area contributed by atoms with Gasteiger partial charge in [-0.2, -0.15) is 0 Å². The molecule has 5 nitrogen and oxygen atoms in total. The first kappa shape index (κ1) is 15.6. The summed E-state index contributed by atoms with van der Waals surface area (Å²) in [5, 5.41) is 17.4. The van der Waals surface area contributed by atoms with Crippen molar-refractivity contribution in [3.05, 3.63) is 49.7 Å². The number of rotatable bonds is 6. The summed E-state index contributed by atoms with van der Waals surface area (Å²) in [7, 11) is 0. The van der Waals surface area contributed by atoms with Gasteiger partial charge in [0.25, 0.3) is 5.69 Å². The van der Waals surface area contributed by atoms with Crippen molar-refractivity contribution in [1.82, 2.24) is 0 Å². The van der Waals surface area contributed by atoms with Crippen LogP contribution in [0.5, 0.6) is 0 Å². The lowest BCUT2D eigenvalue weighted by atomic mass is 10.2. The van der Waals surface area contributed by atoms with Crippen molar-refractivity contribution >= 4 is 40.0 Å². The van der Waals surface area contributed by atoms with Gasteiger partial charge in [0.15, 0.2) is 0 Å². The van der Waals surface area contributed by atoms with Crippen LogP contribution in [0.2, 0.25) is 4.34 Å². The Balaban J connectivity index is 2.23. The van der Waals surface area contributed by atoms with E-state index in [-0.39, 0.29) is 11.7 Å². The second kappa shape index (κ2) is 6.78. The SMILES string of the molecule is CCNc1cc(NC(C)c2ccc(Cl)s2)cc([N+](=O)[O-])c1. The van der Waals surface area contributed by atoms with Crippen LogP contribution in [0.1, 0.15) is 24.8 Å². The molecule has 0 aliphatic rings. The number of nitrogens with zero attached hydrogens (tertiary/aromatic N) is 1. The van der Waals surface area contributed by atoms with E-state index in [4.69, 9.17) is 11.6 Å². The van der Waals surface area contributed by atoms with Crippen molar-refractivity contribution in [3.63, 3.8) is 0 Å². The van der Waals surface area contributed by atoms with E-state index in [9.17, 15) is 10.1 Å². The van der Waals surface area contributed by atoms with E-state index < -0.39 is 4.92 Å². The van der Waals surface area contributed by atoms with Crippen molar-refractivity contribution in [3.8, 4) is 0 Å². The highest BCUT2D eigenvalue weighted by Gasteiger charge is 2.13. The highest BCUT2D eigenvalue weighted by molar-refractivity contribution is 7.16. The number of nitrogens with one attached hydrogen (secondary N) is 2. The van der Waals surface area contributed by atoms with Crippen LogP contribution in [-0.2, 0) is 0 Å². The first-order valence-electron chi connectivity index (χ1n) is 6.54. The molecule has 0 aliphatic heterocycles. The molecular weight excluding hydrogens is 310 g/mol. The number of non-ortho nitro benzene ring substituents is 1. The number of nitro benzene ring substituents is 1. The largest absolute Gasteiger partial charge is 0.385 e. The second-order valence-corrected chi connectivity index (χ2v) is 6.31. The molecule has 0 fully saturated rings. The number of thiophene rings is 1. The van der Waals surface area contributed by atoms with Gasteiger partial charge in [-0.05, 0) is 32.0 Å². The van der Waals surface area contributed by atoms with E-state index in [0.717, 1.165) is 14.9 Å². The monoisotopic (exact) mass is 325 g/mol. The topological polar surface area (TPSA) is 67.2 Å². The van der Waals surface area contributed by atoms with Gasteiger partial charge in [-0.15, -0.1) is 11.3 Å². The molecule has 2 aromatic rings. The van der Waals surface area contributed by atoms with Crippen LogP contribution in [0.3, 0.4) is 0 Å². The smallest absolute Gasteiger partial charge is 0.273 e. The molecule has 0 aliphatic carbocycles. The lowest BCUT2D eigenvalue weighted by Gasteiger charge is -2.15. The number of hydrogen-bond donors (Lipinski definition) is 2. The molecule has 0 spiro atoms. The molecule has 2 N–H and O–H groups in total. The Bertz CT molecular complexity index is 645. The molecule has 21 heavy (non-hydrogen) atoms. The normalized spacial score (nSPS) is 12.0. The summed E-state index contributed by atoms with van der Waals surface area (Å²) in [5.74, 6) is 0. The highest BCUT2D eigenvalue weighted by atomic mass is 35.5. The van der Waals surface area contributed by atoms with Crippen LogP contribution in [0, 0.1) is 10.1 Å².